The number of urea groups is 1. The fourth-order valence-corrected chi connectivity index (χ4v) is 2.90. The van der Waals surface area contributed by atoms with E-state index in [-0.39, 0.29) is 6.42 Å². The molecule has 0 bridgehead atoms. The fraction of sp³-hybridized carbons (Fsp3) is 0.150. The van der Waals surface area contributed by atoms with Crippen LogP contribution in [0.4, 0.5) is 10.5 Å². The number of rotatable bonds is 4. The first-order chi connectivity index (χ1) is 12.1. The van der Waals surface area contributed by atoms with Crippen molar-refractivity contribution in [3.63, 3.8) is 0 Å². The molecular formula is C20H18N2O3. The Morgan fingerprint density at radius 1 is 1.00 bits per heavy atom. The SMILES string of the molecule is C/C=C/C(=O)N1C(=O)N(c2ccccc2)C(=O)[C@@H]1Cc1ccccc1. The zero-order valence-corrected chi connectivity index (χ0v) is 13.8. The van der Waals surface area contributed by atoms with Gasteiger partial charge in [0, 0.05) is 6.42 Å². The fourth-order valence-electron chi connectivity index (χ4n) is 2.90. The first-order valence-corrected chi connectivity index (χ1v) is 8.06. The van der Waals surface area contributed by atoms with Crippen LogP contribution in [-0.4, -0.2) is 28.8 Å². The third kappa shape index (κ3) is 3.21. The van der Waals surface area contributed by atoms with Gasteiger partial charge in [0.2, 0.25) is 0 Å². The number of carbonyl (C=O) groups excluding carboxylic acids is 3. The zero-order chi connectivity index (χ0) is 17.8. The number of hydrogen-bond acceptors (Lipinski definition) is 3. The predicted molar refractivity (Wildman–Crippen MR) is 94.9 cm³/mol. The minimum atomic E-state index is -0.848. The highest BCUT2D eigenvalue weighted by Gasteiger charge is 2.48. The maximum absolute atomic E-state index is 12.9. The third-order valence-electron chi connectivity index (χ3n) is 4.05. The van der Waals surface area contributed by atoms with E-state index in [2.05, 4.69) is 0 Å². The minimum Gasteiger partial charge on any atom is -0.272 e. The van der Waals surface area contributed by atoms with Crippen molar-refractivity contribution in [2.24, 2.45) is 0 Å². The maximum Gasteiger partial charge on any atom is 0.339 e. The molecule has 1 saturated heterocycles. The van der Waals surface area contributed by atoms with Gasteiger partial charge >= 0.3 is 6.03 Å². The van der Waals surface area contributed by atoms with Crippen molar-refractivity contribution in [3.05, 3.63) is 78.4 Å². The van der Waals surface area contributed by atoms with Gasteiger partial charge in [-0.15, -0.1) is 0 Å². The minimum absolute atomic E-state index is 0.290. The summed E-state index contributed by atoms with van der Waals surface area (Å²) in [7, 11) is 0. The molecule has 0 N–H and O–H groups in total. The summed E-state index contributed by atoms with van der Waals surface area (Å²) in [6, 6.07) is 16.6. The molecule has 1 heterocycles. The largest absolute Gasteiger partial charge is 0.339 e. The van der Waals surface area contributed by atoms with Gasteiger partial charge in [-0.2, -0.15) is 0 Å². The van der Waals surface area contributed by atoms with Gasteiger partial charge in [-0.25, -0.2) is 14.6 Å². The van der Waals surface area contributed by atoms with Gasteiger partial charge < -0.3 is 0 Å². The van der Waals surface area contributed by atoms with Crippen LogP contribution in [0, 0.1) is 0 Å². The molecule has 2 aromatic carbocycles. The number of anilines is 1. The van der Waals surface area contributed by atoms with Gasteiger partial charge in [-0.05, 0) is 30.7 Å². The Hall–Kier alpha value is -3.21. The van der Waals surface area contributed by atoms with Crippen LogP contribution in [0.3, 0.4) is 0 Å². The van der Waals surface area contributed by atoms with E-state index in [4.69, 9.17) is 0 Å². The summed E-state index contributed by atoms with van der Waals surface area (Å²) < 4.78 is 0. The summed E-state index contributed by atoms with van der Waals surface area (Å²) in [5.41, 5.74) is 1.35. The summed E-state index contributed by atoms with van der Waals surface area (Å²) in [5, 5.41) is 0. The molecule has 0 aromatic heterocycles. The predicted octanol–water partition coefficient (Wildman–Crippen LogP) is 3.17. The van der Waals surface area contributed by atoms with Crippen LogP contribution in [0.2, 0.25) is 0 Å². The van der Waals surface area contributed by atoms with E-state index in [9.17, 15) is 14.4 Å². The number of amides is 4. The third-order valence-corrected chi connectivity index (χ3v) is 4.05. The summed E-state index contributed by atoms with van der Waals surface area (Å²) in [4.78, 5) is 40.3. The molecular weight excluding hydrogens is 316 g/mol. The second-order valence-electron chi connectivity index (χ2n) is 5.71. The zero-order valence-electron chi connectivity index (χ0n) is 13.8. The molecule has 1 aliphatic rings. The van der Waals surface area contributed by atoms with E-state index in [1.165, 1.54) is 6.08 Å². The highest BCUT2D eigenvalue weighted by atomic mass is 16.2. The van der Waals surface area contributed by atoms with E-state index < -0.39 is 23.9 Å². The molecule has 5 nitrogen and oxygen atoms in total. The number of allylic oxidation sites excluding steroid dienone is 1. The smallest absolute Gasteiger partial charge is 0.272 e. The van der Waals surface area contributed by atoms with Gasteiger partial charge in [0.05, 0.1) is 5.69 Å². The monoisotopic (exact) mass is 334 g/mol. The lowest BCUT2D eigenvalue weighted by Gasteiger charge is -2.18. The van der Waals surface area contributed by atoms with E-state index in [1.807, 2.05) is 30.3 Å². The van der Waals surface area contributed by atoms with Crippen LogP contribution >= 0.6 is 0 Å². The number of para-hydroxylation sites is 1. The molecule has 0 saturated carbocycles. The molecule has 1 fully saturated rings. The molecule has 0 unspecified atom stereocenters. The van der Waals surface area contributed by atoms with E-state index >= 15 is 0 Å². The number of carbonyl (C=O) groups is 3. The van der Waals surface area contributed by atoms with Crippen LogP contribution in [0.1, 0.15) is 12.5 Å². The highest BCUT2D eigenvalue weighted by Crippen LogP contribution is 2.27. The Labute approximate surface area is 146 Å². The Kier molecular flexibility index (Phi) is 4.75. The van der Waals surface area contributed by atoms with Crippen LogP contribution in [0.25, 0.3) is 0 Å². The molecule has 2 aromatic rings. The van der Waals surface area contributed by atoms with Crippen molar-refractivity contribution < 1.29 is 14.4 Å². The van der Waals surface area contributed by atoms with Crippen LogP contribution in [-0.2, 0) is 16.0 Å². The van der Waals surface area contributed by atoms with Gasteiger partial charge in [-0.3, -0.25) is 9.59 Å². The molecule has 25 heavy (non-hydrogen) atoms. The van der Waals surface area contributed by atoms with E-state index in [0.717, 1.165) is 15.4 Å². The lowest BCUT2D eigenvalue weighted by Crippen LogP contribution is -2.40. The Morgan fingerprint density at radius 3 is 2.20 bits per heavy atom. The first-order valence-electron chi connectivity index (χ1n) is 8.06. The van der Waals surface area contributed by atoms with Crippen LogP contribution in [0.5, 0.6) is 0 Å². The normalized spacial score (nSPS) is 17.6. The molecule has 5 heteroatoms. The van der Waals surface area contributed by atoms with Crippen molar-refractivity contribution in [1.82, 2.24) is 4.90 Å². The van der Waals surface area contributed by atoms with Gasteiger partial charge in [0.1, 0.15) is 6.04 Å². The second-order valence-corrected chi connectivity index (χ2v) is 5.71. The summed E-state index contributed by atoms with van der Waals surface area (Å²) in [6.45, 7) is 1.70. The van der Waals surface area contributed by atoms with Gasteiger partial charge in [-0.1, -0.05) is 54.6 Å². The Morgan fingerprint density at radius 2 is 1.60 bits per heavy atom. The topological polar surface area (TPSA) is 57.7 Å². The maximum atomic E-state index is 12.9. The number of imide groups is 2. The molecule has 126 valence electrons. The molecule has 0 radical (unpaired) electrons. The van der Waals surface area contributed by atoms with Crippen molar-refractivity contribution in [3.8, 4) is 0 Å². The summed E-state index contributed by atoms with van der Waals surface area (Å²) in [5.74, 6) is -0.877. The van der Waals surface area contributed by atoms with E-state index in [1.54, 1.807) is 43.3 Å². The van der Waals surface area contributed by atoms with Crippen molar-refractivity contribution in [2.45, 2.75) is 19.4 Å². The highest BCUT2D eigenvalue weighted by molar-refractivity contribution is 6.26. The average molecular weight is 334 g/mol. The van der Waals surface area contributed by atoms with Crippen LogP contribution < -0.4 is 4.90 Å². The van der Waals surface area contributed by atoms with Gasteiger partial charge in [0.25, 0.3) is 11.8 Å². The number of hydrogen-bond donors (Lipinski definition) is 0. The first kappa shape index (κ1) is 16.6. The Bertz CT molecular complexity index is 815. The lowest BCUT2D eigenvalue weighted by atomic mass is 10.0. The number of nitrogens with zero attached hydrogens (tertiary/aromatic N) is 2. The summed E-state index contributed by atoms with van der Waals surface area (Å²) in [6.07, 6.45) is 3.15. The molecule has 1 atom stereocenters. The van der Waals surface area contributed by atoms with Crippen molar-refractivity contribution in [2.75, 3.05) is 4.90 Å². The van der Waals surface area contributed by atoms with Crippen molar-refractivity contribution >= 4 is 23.5 Å². The van der Waals surface area contributed by atoms with Crippen molar-refractivity contribution in [1.29, 1.82) is 0 Å². The standard InChI is InChI=1S/C20H18N2O3/c1-2-9-18(23)22-17(14-15-10-5-3-6-11-15)19(24)21(20(22)25)16-12-7-4-8-13-16/h2-13,17H,14H2,1H3/b9-2+/t17-/m0/s1. The second kappa shape index (κ2) is 7.13. The average Bonchev–Trinajstić information content (AvgIpc) is 2.87. The Balaban J connectivity index is 1.99. The lowest BCUT2D eigenvalue weighted by molar-refractivity contribution is -0.129. The quantitative estimate of drug-likeness (QED) is 0.637. The molecule has 1 aliphatic heterocycles. The molecule has 4 amide bonds. The van der Waals surface area contributed by atoms with Gasteiger partial charge in [0.15, 0.2) is 0 Å². The molecule has 0 spiro atoms. The summed E-state index contributed by atoms with van der Waals surface area (Å²) >= 11 is 0. The van der Waals surface area contributed by atoms with Crippen LogP contribution in [0.15, 0.2) is 72.8 Å². The number of benzene rings is 2. The molecule has 0 aliphatic carbocycles. The van der Waals surface area contributed by atoms with E-state index in [0.29, 0.717) is 5.69 Å². The molecule has 3 rings (SSSR count).